The molecule has 0 saturated carbocycles. The number of hydrogen-bond acceptors (Lipinski definition) is 3. The number of nitrogens with zero attached hydrogens (tertiary/aromatic N) is 1. The summed E-state index contributed by atoms with van der Waals surface area (Å²) in [6.45, 7) is 3.19. The van der Waals surface area contributed by atoms with Gasteiger partial charge in [-0.05, 0) is 25.5 Å². The van der Waals surface area contributed by atoms with Crippen molar-refractivity contribution in [1.82, 2.24) is 9.97 Å². The third-order valence-electron chi connectivity index (χ3n) is 3.00. The van der Waals surface area contributed by atoms with E-state index in [-0.39, 0.29) is 11.4 Å². The van der Waals surface area contributed by atoms with E-state index < -0.39 is 23.8 Å². The average Bonchev–Trinajstić information content (AvgIpc) is 2.36. The highest BCUT2D eigenvalue weighted by atomic mass is 19.1. The van der Waals surface area contributed by atoms with Crippen LogP contribution in [0, 0.1) is 19.7 Å². The highest BCUT2D eigenvalue weighted by Crippen LogP contribution is 2.18. The van der Waals surface area contributed by atoms with Crippen molar-refractivity contribution in [2.45, 2.75) is 20.3 Å². The summed E-state index contributed by atoms with van der Waals surface area (Å²) >= 11 is 0. The molecule has 1 aromatic carbocycles. The van der Waals surface area contributed by atoms with Gasteiger partial charge in [0.05, 0.1) is 6.42 Å². The van der Waals surface area contributed by atoms with Crippen molar-refractivity contribution in [2.75, 3.05) is 0 Å². The normalized spacial score (nSPS) is 10.6. The van der Waals surface area contributed by atoms with Gasteiger partial charge in [0.2, 0.25) is 0 Å². The molecule has 0 amide bonds. The largest absolute Gasteiger partial charge is 0.481 e. The van der Waals surface area contributed by atoms with Gasteiger partial charge in [0.25, 0.3) is 5.56 Å². The first-order chi connectivity index (χ1) is 9.38. The van der Waals surface area contributed by atoms with E-state index >= 15 is 0 Å². The van der Waals surface area contributed by atoms with E-state index in [4.69, 9.17) is 5.11 Å². The van der Waals surface area contributed by atoms with E-state index in [1.54, 1.807) is 26.0 Å². The lowest BCUT2D eigenvalue weighted by atomic mass is 10.1. The van der Waals surface area contributed by atoms with Crippen LogP contribution in [-0.2, 0) is 11.2 Å². The van der Waals surface area contributed by atoms with Gasteiger partial charge in [-0.15, -0.1) is 0 Å². The van der Waals surface area contributed by atoms with Gasteiger partial charge in [0, 0.05) is 16.8 Å². The Labute approximate surface area is 114 Å². The average molecular weight is 276 g/mol. The number of benzene rings is 1. The minimum atomic E-state index is -1.10. The second-order valence-corrected chi connectivity index (χ2v) is 4.51. The van der Waals surface area contributed by atoms with Gasteiger partial charge < -0.3 is 10.1 Å². The van der Waals surface area contributed by atoms with Crippen molar-refractivity contribution in [3.05, 3.63) is 51.2 Å². The van der Waals surface area contributed by atoms with Gasteiger partial charge in [0.15, 0.2) is 0 Å². The third kappa shape index (κ3) is 2.74. The first-order valence-electron chi connectivity index (χ1n) is 5.96. The molecule has 0 aliphatic carbocycles. The van der Waals surface area contributed by atoms with E-state index in [2.05, 4.69) is 9.97 Å². The van der Waals surface area contributed by atoms with Crippen molar-refractivity contribution in [3.8, 4) is 11.4 Å². The molecule has 2 aromatic rings. The number of carboxylic acids is 1. The Hall–Kier alpha value is -2.50. The van der Waals surface area contributed by atoms with Crippen molar-refractivity contribution in [3.63, 3.8) is 0 Å². The maximum absolute atomic E-state index is 13.5. The maximum Gasteiger partial charge on any atom is 0.308 e. The molecule has 0 unspecified atom stereocenters. The number of aromatic nitrogens is 2. The summed E-state index contributed by atoms with van der Waals surface area (Å²) in [5.74, 6) is -1.27. The number of rotatable bonds is 3. The number of carboxylic acid groups (broad SMARTS) is 1. The van der Waals surface area contributed by atoms with Crippen LogP contribution in [-0.4, -0.2) is 21.0 Å². The minimum absolute atomic E-state index is 0.105. The fourth-order valence-corrected chi connectivity index (χ4v) is 1.85. The smallest absolute Gasteiger partial charge is 0.308 e. The molecule has 104 valence electrons. The highest BCUT2D eigenvalue weighted by molar-refractivity contribution is 5.70. The van der Waals surface area contributed by atoms with E-state index in [1.165, 1.54) is 6.07 Å². The monoisotopic (exact) mass is 276 g/mol. The molecule has 0 spiro atoms. The Bertz CT molecular complexity index is 738. The maximum atomic E-state index is 13.5. The number of nitrogens with one attached hydrogen (secondary N) is 1. The van der Waals surface area contributed by atoms with Crippen LogP contribution in [0.1, 0.15) is 16.8 Å². The molecule has 0 saturated heterocycles. The van der Waals surface area contributed by atoms with Crippen molar-refractivity contribution in [1.29, 1.82) is 0 Å². The fourth-order valence-electron chi connectivity index (χ4n) is 1.85. The predicted octanol–water partition coefficient (Wildman–Crippen LogP) is 1.82. The van der Waals surface area contributed by atoms with Crippen LogP contribution in [0.15, 0.2) is 23.0 Å². The van der Waals surface area contributed by atoms with Gasteiger partial charge in [-0.25, -0.2) is 9.37 Å². The molecule has 5 nitrogen and oxygen atoms in total. The molecule has 20 heavy (non-hydrogen) atoms. The van der Waals surface area contributed by atoms with Crippen molar-refractivity contribution >= 4 is 5.97 Å². The molecule has 6 heteroatoms. The molecule has 0 aliphatic heterocycles. The Morgan fingerprint density at radius 2 is 2.10 bits per heavy atom. The Morgan fingerprint density at radius 3 is 2.65 bits per heavy atom. The third-order valence-corrected chi connectivity index (χ3v) is 3.00. The van der Waals surface area contributed by atoms with Crippen LogP contribution in [0.2, 0.25) is 0 Å². The topological polar surface area (TPSA) is 83.0 Å². The number of halogens is 1. The summed E-state index contributed by atoms with van der Waals surface area (Å²) in [5, 5.41) is 8.74. The summed E-state index contributed by atoms with van der Waals surface area (Å²) < 4.78 is 13.5. The van der Waals surface area contributed by atoms with Crippen LogP contribution in [0.25, 0.3) is 11.4 Å². The van der Waals surface area contributed by atoms with E-state index in [0.29, 0.717) is 16.8 Å². The molecule has 2 N–H and O–H groups in total. The van der Waals surface area contributed by atoms with Crippen LogP contribution >= 0.6 is 0 Å². The standard InChI is InChI=1S/C14H13FN2O3/c1-7-3-4-9(5-11(7)15)13-16-8(2)10(6-12(18)19)14(20)17-13/h3-5H,6H2,1-2H3,(H,18,19)(H,16,17,20). The predicted molar refractivity (Wildman–Crippen MR) is 71.1 cm³/mol. The second-order valence-electron chi connectivity index (χ2n) is 4.51. The van der Waals surface area contributed by atoms with E-state index in [0.717, 1.165) is 0 Å². The Kier molecular flexibility index (Phi) is 3.65. The van der Waals surface area contributed by atoms with Gasteiger partial charge in [0.1, 0.15) is 11.6 Å². The number of hydrogen-bond donors (Lipinski definition) is 2. The van der Waals surface area contributed by atoms with Crippen molar-refractivity contribution in [2.24, 2.45) is 0 Å². The molecule has 2 rings (SSSR count). The molecular formula is C14H13FN2O3. The molecule has 0 atom stereocenters. The number of carbonyl (C=O) groups is 1. The minimum Gasteiger partial charge on any atom is -0.481 e. The van der Waals surface area contributed by atoms with Crippen LogP contribution in [0.4, 0.5) is 4.39 Å². The molecule has 0 bridgehead atoms. The fraction of sp³-hybridized carbons (Fsp3) is 0.214. The van der Waals surface area contributed by atoms with Gasteiger partial charge >= 0.3 is 5.97 Å². The molecule has 0 radical (unpaired) electrons. The van der Waals surface area contributed by atoms with Crippen LogP contribution in [0.5, 0.6) is 0 Å². The summed E-state index contributed by atoms with van der Waals surface area (Å²) in [5.41, 5.74) is 0.849. The molecule has 1 aromatic heterocycles. The second kappa shape index (κ2) is 5.24. The van der Waals surface area contributed by atoms with Gasteiger partial charge in [-0.3, -0.25) is 9.59 Å². The number of aromatic amines is 1. The number of H-pyrrole nitrogens is 1. The number of aliphatic carboxylic acids is 1. The zero-order valence-corrected chi connectivity index (χ0v) is 11.0. The van der Waals surface area contributed by atoms with Crippen molar-refractivity contribution < 1.29 is 14.3 Å². The lowest BCUT2D eigenvalue weighted by molar-refractivity contribution is -0.136. The molecule has 1 heterocycles. The lowest BCUT2D eigenvalue weighted by Crippen LogP contribution is -2.20. The first kappa shape index (κ1) is 13.9. The van der Waals surface area contributed by atoms with Gasteiger partial charge in [-0.1, -0.05) is 12.1 Å². The number of aryl methyl sites for hydroxylation is 2. The lowest BCUT2D eigenvalue weighted by Gasteiger charge is -2.06. The Morgan fingerprint density at radius 1 is 1.40 bits per heavy atom. The van der Waals surface area contributed by atoms with E-state index in [1.807, 2.05) is 0 Å². The summed E-state index contributed by atoms with van der Waals surface area (Å²) in [6.07, 6.45) is -0.392. The summed E-state index contributed by atoms with van der Waals surface area (Å²) in [6, 6.07) is 4.52. The van der Waals surface area contributed by atoms with Gasteiger partial charge in [-0.2, -0.15) is 0 Å². The summed E-state index contributed by atoms with van der Waals surface area (Å²) in [7, 11) is 0. The zero-order chi connectivity index (χ0) is 14.9. The van der Waals surface area contributed by atoms with E-state index in [9.17, 15) is 14.0 Å². The highest BCUT2D eigenvalue weighted by Gasteiger charge is 2.13. The Balaban J connectivity index is 2.52. The molecule has 0 aliphatic rings. The van der Waals surface area contributed by atoms with Crippen LogP contribution < -0.4 is 5.56 Å². The molecular weight excluding hydrogens is 263 g/mol. The summed E-state index contributed by atoms with van der Waals surface area (Å²) in [4.78, 5) is 29.2. The quantitative estimate of drug-likeness (QED) is 0.895. The first-order valence-corrected chi connectivity index (χ1v) is 5.96. The SMILES string of the molecule is Cc1ccc(-c2nc(C)c(CC(=O)O)c(=O)[nH]2)cc1F. The molecule has 0 fully saturated rings. The van der Waals surface area contributed by atoms with Crippen LogP contribution in [0.3, 0.4) is 0 Å². The zero-order valence-electron chi connectivity index (χ0n) is 11.0.